The Morgan fingerprint density at radius 2 is 1.85 bits per heavy atom. The molecule has 26 heavy (non-hydrogen) atoms. The molecular weight excluding hydrogens is 392 g/mol. The first-order chi connectivity index (χ1) is 12.3. The molecule has 0 atom stereocenters. The highest BCUT2D eigenvalue weighted by Crippen LogP contribution is 2.31. The van der Waals surface area contributed by atoms with Crippen molar-refractivity contribution in [2.24, 2.45) is 0 Å². The zero-order chi connectivity index (χ0) is 18.9. The molecule has 1 heterocycles. The predicted molar refractivity (Wildman–Crippen MR) is 108 cm³/mol. The SMILES string of the molecule is CNC(=O)c1cc2cc(N(Cc3ccc(Cl)cc3)S(C)(=O)=O)ccc2s1. The highest BCUT2D eigenvalue weighted by Gasteiger charge is 2.19. The molecule has 5 nitrogen and oxygen atoms in total. The Morgan fingerprint density at radius 1 is 1.15 bits per heavy atom. The summed E-state index contributed by atoms with van der Waals surface area (Å²) >= 11 is 7.27. The fourth-order valence-electron chi connectivity index (χ4n) is 2.58. The summed E-state index contributed by atoms with van der Waals surface area (Å²) < 4.78 is 26.9. The molecule has 0 saturated carbocycles. The van der Waals surface area contributed by atoms with Gasteiger partial charge in [-0.15, -0.1) is 11.3 Å². The van der Waals surface area contributed by atoms with Gasteiger partial charge >= 0.3 is 0 Å². The van der Waals surface area contributed by atoms with E-state index >= 15 is 0 Å². The monoisotopic (exact) mass is 408 g/mol. The van der Waals surface area contributed by atoms with E-state index in [0.29, 0.717) is 15.6 Å². The van der Waals surface area contributed by atoms with E-state index in [1.54, 1.807) is 49.5 Å². The first-order valence-electron chi connectivity index (χ1n) is 7.76. The lowest BCUT2D eigenvalue weighted by Gasteiger charge is -2.22. The molecule has 3 aromatic rings. The maximum atomic E-state index is 12.3. The molecule has 0 unspecified atom stereocenters. The van der Waals surface area contributed by atoms with Gasteiger partial charge in [-0.1, -0.05) is 23.7 Å². The molecule has 8 heteroatoms. The van der Waals surface area contributed by atoms with Gasteiger partial charge in [0.25, 0.3) is 5.91 Å². The molecule has 0 aliphatic heterocycles. The highest BCUT2D eigenvalue weighted by atomic mass is 35.5. The molecule has 0 aliphatic rings. The largest absolute Gasteiger partial charge is 0.354 e. The van der Waals surface area contributed by atoms with Gasteiger partial charge in [0, 0.05) is 16.8 Å². The fraction of sp³-hybridized carbons (Fsp3) is 0.167. The normalized spacial score (nSPS) is 11.5. The number of sulfonamides is 1. The molecule has 0 radical (unpaired) electrons. The minimum Gasteiger partial charge on any atom is -0.354 e. The Hall–Kier alpha value is -2.09. The number of fused-ring (bicyclic) bond motifs is 1. The Balaban J connectivity index is 2.00. The van der Waals surface area contributed by atoms with E-state index in [2.05, 4.69) is 5.32 Å². The summed E-state index contributed by atoms with van der Waals surface area (Å²) in [6.45, 7) is 0.202. The van der Waals surface area contributed by atoms with Crippen molar-refractivity contribution in [3.8, 4) is 0 Å². The minimum atomic E-state index is -3.48. The van der Waals surface area contributed by atoms with Crippen LogP contribution < -0.4 is 9.62 Å². The van der Waals surface area contributed by atoms with Crippen molar-refractivity contribution in [3.63, 3.8) is 0 Å². The lowest BCUT2D eigenvalue weighted by molar-refractivity contribution is 0.0967. The lowest BCUT2D eigenvalue weighted by Crippen LogP contribution is -2.29. The molecular formula is C18H17ClN2O3S2. The van der Waals surface area contributed by atoms with Crippen molar-refractivity contribution in [2.75, 3.05) is 17.6 Å². The molecule has 0 saturated heterocycles. The van der Waals surface area contributed by atoms with Crippen molar-refractivity contribution < 1.29 is 13.2 Å². The molecule has 1 aromatic heterocycles. The van der Waals surface area contributed by atoms with E-state index in [-0.39, 0.29) is 12.5 Å². The fourth-order valence-corrected chi connectivity index (χ4v) is 4.57. The molecule has 0 aliphatic carbocycles. The second kappa shape index (κ2) is 7.26. The molecule has 1 N–H and O–H groups in total. The van der Waals surface area contributed by atoms with E-state index in [0.717, 1.165) is 15.6 Å². The number of nitrogens with zero attached hydrogens (tertiary/aromatic N) is 1. The number of nitrogens with one attached hydrogen (secondary N) is 1. The van der Waals surface area contributed by atoms with Gasteiger partial charge in [-0.3, -0.25) is 9.10 Å². The van der Waals surface area contributed by atoms with Crippen LogP contribution in [-0.4, -0.2) is 27.6 Å². The van der Waals surface area contributed by atoms with Crippen LogP contribution in [0, 0.1) is 0 Å². The molecule has 1 amide bonds. The smallest absolute Gasteiger partial charge is 0.261 e. The van der Waals surface area contributed by atoms with Crippen molar-refractivity contribution in [2.45, 2.75) is 6.54 Å². The average molecular weight is 409 g/mol. The van der Waals surface area contributed by atoms with Gasteiger partial charge in [0.2, 0.25) is 10.0 Å². The van der Waals surface area contributed by atoms with Crippen LogP contribution in [0.25, 0.3) is 10.1 Å². The third-order valence-corrected chi connectivity index (χ3v) is 6.39. The minimum absolute atomic E-state index is 0.158. The summed E-state index contributed by atoms with van der Waals surface area (Å²) in [6, 6.07) is 14.2. The van der Waals surface area contributed by atoms with Gasteiger partial charge in [-0.05, 0) is 47.3 Å². The number of anilines is 1. The topological polar surface area (TPSA) is 66.5 Å². The van der Waals surface area contributed by atoms with Gasteiger partial charge in [-0.25, -0.2) is 8.42 Å². The highest BCUT2D eigenvalue weighted by molar-refractivity contribution is 7.92. The summed E-state index contributed by atoms with van der Waals surface area (Å²) in [5, 5.41) is 4.02. The first-order valence-corrected chi connectivity index (χ1v) is 10.8. The van der Waals surface area contributed by atoms with E-state index in [1.807, 2.05) is 6.07 Å². The third-order valence-electron chi connectivity index (χ3n) is 3.88. The van der Waals surface area contributed by atoms with Gasteiger partial charge in [-0.2, -0.15) is 0 Å². The summed E-state index contributed by atoms with van der Waals surface area (Å²) in [4.78, 5) is 12.4. The molecule has 2 aromatic carbocycles. The number of carbonyl (C=O) groups is 1. The molecule has 136 valence electrons. The van der Waals surface area contributed by atoms with Crippen LogP contribution in [0.5, 0.6) is 0 Å². The zero-order valence-electron chi connectivity index (χ0n) is 14.2. The average Bonchev–Trinajstić information content (AvgIpc) is 3.02. The van der Waals surface area contributed by atoms with Crippen molar-refractivity contribution in [1.82, 2.24) is 5.32 Å². The van der Waals surface area contributed by atoms with Crippen molar-refractivity contribution in [1.29, 1.82) is 0 Å². The van der Waals surface area contributed by atoms with Crippen LogP contribution >= 0.6 is 22.9 Å². The Labute approximate surface area is 161 Å². The summed E-state index contributed by atoms with van der Waals surface area (Å²) in [6.07, 6.45) is 1.18. The van der Waals surface area contributed by atoms with Gasteiger partial charge in [0.1, 0.15) is 0 Å². The standard InChI is InChI=1S/C18H17ClN2O3S2/c1-20-18(22)17-10-13-9-15(7-8-16(13)25-17)21(26(2,23)24)11-12-3-5-14(19)6-4-12/h3-10H,11H2,1-2H3,(H,20,22). The Bertz CT molecular complexity index is 1060. The van der Waals surface area contributed by atoms with E-state index in [1.165, 1.54) is 21.9 Å². The number of rotatable bonds is 5. The van der Waals surface area contributed by atoms with E-state index in [4.69, 9.17) is 11.6 Å². The summed E-state index contributed by atoms with van der Waals surface area (Å²) in [5.74, 6) is -0.158. The maximum absolute atomic E-state index is 12.3. The molecule has 3 rings (SSSR count). The van der Waals surface area contributed by atoms with Crippen LogP contribution in [-0.2, 0) is 16.6 Å². The number of halogens is 1. The number of hydrogen-bond acceptors (Lipinski definition) is 4. The van der Waals surface area contributed by atoms with Crippen LogP contribution in [0.1, 0.15) is 15.2 Å². The quantitative estimate of drug-likeness (QED) is 0.696. The van der Waals surface area contributed by atoms with Crippen LogP contribution in [0.15, 0.2) is 48.5 Å². The van der Waals surface area contributed by atoms with Gasteiger partial charge < -0.3 is 5.32 Å². The number of thiophene rings is 1. The third kappa shape index (κ3) is 4.00. The second-order valence-electron chi connectivity index (χ2n) is 5.81. The van der Waals surface area contributed by atoms with Gasteiger partial charge in [0.05, 0.1) is 23.4 Å². The zero-order valence-corrected chi connectivity index (χ0v) is 16.6. The van der Waals surface area contributed by atoms with Crippen LogP contribution in [0.2, 0.25) is 5.02 Å². The van der Waals surface area contributed by atoms with Crippen LogP contribution in [0.4, 0.5) is 5.69 Å². The lowest BCUT2D eigenvalue weighted by atomic mass is 10.2. The van der Waals surface area contributed by atoms with E-state index < -0.39 is 10.0 Å². The Morgan fingerprint density at radius 3 is 2.46 bits per heavy atom. The molecule has 0 fully saturated rings. The maximum Gasteiger partial charge on any atom is 0.261 e. The molecule has 0 bridgehead atoms. The van der Waals surface area contributed by atoms with Crippen molar-refractivity contribution >= 4 is 54.6 Å². The van der Waals surface area contributed by atoms with Crippen LogP contribution in [0.3, 0.4) is 0 Å². The second-order valence-corrected chi connectivity index (χ2v) is 9.24. The Kier molecular flexibility index (Phi) is 5.22. The summed E-state index contributed by atoms with van der Waals surface area (Å²) in [5.41, 5.74) is 1.38. The predicted octanol–water partition coefficient (Wildman–Crippen LogP) is 3.88. The number of benzene rings is 2. The summed E-state index contributed by atoms with van der Waals surface area (Å²) in [7, 11) is -1.91. The van der Waals surface area contributed by atoms with Gasteiger partial charge in [0.15, 0.2) is 0 Å². The van der Waals surface area contributed by atoms with E-state index in [9.17, 15) is 13.2 Å². The number of carbonyl (C=O) groups excluding carboxylic acids is 1. The van der Waals surface area contributed by atoms with Crippen molar-refractivity contribution in [3.05, 3.63) is 64.0 Å². The number of amides is 1. The first kappa shape index (κ1) is 18.7. The number of hydrogen-bond donors (Lipinski definition) is 1. The molecule has 0 spiro atoms.